The molecule has 4 heteroatoms. The molecular weight excluding hydrogens is 324 g/mol. The molecule has 2 amide bonds. The van der Waals surface area contributed by atoms with E-state index < -0.39 is 0 Å². The minimum Gasteiger partial charge on any atom is -0.306 e. The maximum Gasteiger partial charge on any atom is 0.345 e. The monoisotopic (exact) mass is 354 g/mol. The third-order valence-corrected chi connectivity index (χ3v) is 4.49. The van der Waals surface area contributed by atoms with Crippen LogP contribution in [0.15, 0.2) is 48.5 Å². The van der Waals surface area contributed by atoms with Crippen LogP contribution in [0.1, 0.15) is 43.9 Å². The summed E-state index contributed by atoms with van der Waals surface area (Å²) in [7, 11) is 3.04. The number of aryl methyl sites for hydroxylation is 2. The molecular formula is C22H30N2O2. The van der Waals surface area contributed by atoms with Crippen molar-refractivity contribution in [2.75, 3.05) is 19.5 Å². The molecule has 0 radical (unpaired) electrons. The fourth-order valence-electron chi connectivity index (χ4n) is 2.76. The lowest BCUT2D eigenvalue weighted by atomic mass is 9.86. The molecule has 0 aliphatic heterocycles. The Balaban J connectivity index is 1.88. The number of hydroxylamine groups is 2. The van der Waals surface area contributed by atoms with Crippen LogP contribution in [0.25, 0.3) is 0 Å². The van der Waals surface area contributed by atoms with Crippen molar-refractivity contribution in [3.63, 3.8) is 0 Å². The van der Waals surface area contributed by atoms with Gasteiger partial charge in [0.2, 0.25) is 0 Å². The van der Waals surface area contributed by atoms with Gasteiger partial charge in [-0.1, -0.05) is 57.2 Å². The lowest BCUT2D eigenvalue weighted by molar-refractivity contribution is -0.0598. The van der Waals surface area contributed by atoms with Gasteiger partial charge >= 0.3 is 6.03 Å². The van der Waals surface area contributed by atoms with Gasteiger partial charge in [0.1, 0.15) is 0 Å². The third kappa shape index (κ3) is 5.88. The summed E-state index contributed by atoms with van der Waals surface area (Å²) in [6.07, 6.45) is 3.10. The number of amides is 2. The normalized spacial score (nSPS) is 11.3. The van der Waals surface area contributed by atoms with Gasteiger partial charge in [-0.2, -0.15) is 0 Å². The van der Waals surface area contributed by atoms with Crippen LogP contribution in [0.4, 0.5) is 10.5 Å². The molecule has 0 aromatic heterocycles. The van der Waals surface area contributed by atoms with Crippen LogP contribution in [0.5, 0.6) is 0 Å². The van der Waals surface area contributed by atoms with Crippen molar-refractivity contribution in [2.24, 2.45) is 0 Å². The lowest BCUT2D eigenvalue weighted by Crippen LogP contribution is -2.30. The van der Waals surface area contributed by atoms with Gasteiger partial charge < -0.3 is 5.32 Å². The predicted octanol–water partition coefficient (Wildman–Crippen LogP) is 5.18. The van der Waals surface area contributed by atoms with Crippen molar-refractivity contribution in [1.82, 2.24) is 5.06 Å². The molecule has 26 heavy (non-hydrogen) atoms. The highest BCUT2D eigenvalue weighted by Gasteiger charge is 2.12. The van der Waals surface area contributed by atoms with Gasteiger partial charge in [0, 0.05) is 12.7 Å². The smallest absolute Gasteiger partial charge is 0.306 e. The number of nitrogens with one attached hydrogen (secondary N) is 1. The van der Waals surface area contributed by atoms with E-state index in [-0.39, 0.29) is 11.4 Å². The number of hydrogen-bond acceptors (Lipinski definition) is 2. The average Bonchev–Trinajstić information content (AvgIpc) is 2.61. The third-order valence-electron chi connectivity index (χ3n) is 4.49. The van der Waals surface area contributed by atoms with E-state index in [1.807, 2.05) is 18.2 Å². The highest BCUT2D eigenvalue weighted by molar-refractivity contribution is 5.88. The van der Waals surface area contributed by atoms with Crippen LogP contribution in [-0.4, -0.2) is 25.3 Å². The summed E-state index contributed by atoms with van der Waals surface area (Å²) in [4.78, 5) is 16.7. The SMILES string of the molecule is CON(C)C(=O)Nc1cccc(CCCc2ccc(C(C)(C)C)cc2)c1. The number of anilines is 1. The Kier molecular flexibility index (Phi) is 6.81. The molecule has 4 nitrogen and oxygen atoms in total. The van der Waals surface area contributed by atoms with Crippen LogP contribution < -0.4 is 5.32 Å². The van der Waals surface area contributed by atoms with Gasteiger partial charge in [0.15, 0.2) is 0 Å². The maximum atomic E-state index is 11.8. The summed E-state index contributed by atoms with van der Waals surface area (Å²) in [5.74, 6) is 0. The second-order valence-electron chi connectivity index (χ2n) is 7.61. The first-order valence-electron chi connectivity index (χ1n) is 9.07. The standard InChI is InChI=1S/C22H30N2O2/c1-22(2,3)19-14-12-17(13-15-19)8-6-9-18-10-7-11-20(16-18)23-21(25)24(4)26-5/h7,10-16H,6,8-9H2,1-5H3,(H,23,25). The minimum atomic E-state index is -0.288. The summed E-state index contributed by atoms with van der Waals surface area (Å²) < 4.78 is 0. The van der Waals surface area contributed by atoms with Gasteiger partial charge in [0.05, 0.1) is 7.11 Å². The van der Waals surface area contributed by atoms with Gasteiger partial charge in [-0.3, -0.25) is 4.84 Å². The molecule has 1 N–H and O–H groups in total. The van der Waals surface area contributed by atoms with Crippen LogP contribution in [-0.2, 0) is 23.1 Å². The molecule has 0 bridgehead atoms. The van der Waals surface area contributed by atoms with Crippen molar-refractivity contribution in [3.05, 3.63) is 65.2 Å². The Morgan fingerprint density at radius 1 is 1.04 bits per heavy atom. The average molecular weight is 354 g/mol. The molecule has 0 atom stereocenters. The Labute approximate surface area is 157 Å². The summed E-state index contributed by atoms with van der Waals surface area (Å²) in [5, 5.41) is 3.98. The van der Waals surface area contributed by atoms with E-state index in [0.717, 1.165) is 30.0 Å². The van der Waals surface area contributed by atoms with Crippen LogP contribution >= 0.6 is 0 Å². The van der Waals surface area contributed by atoms with E-state index in [2.05, 4.69) is 56.4 Å². The molecule has 0 spiro atoms. The molecule has 0 fully saturated rings. The zero-order valence-corrected chi connectivity index (χ0v) is 16.5. The Hall–Kier alpha value is -2.33. The first-order valence-corrected chi connectivity index (χ1v) is 9.07. The van der Waals surface area contributed by atoms with E-state index in [1.165, 1.54) is 23.8 Å². The fraction of sp³-hybridized carbons (Fsp3) is 0.409. The van der Waals surface area contributed by atoms with E-state index in [9.17, 15) is 4.79 Å². The number of carbonyl (C=O) groups is 1. The van der Waals surface area contributed by atoms with Crippen molar-refractivity contribution >= 4 is 11.7 Å². The maximum absolute atomic E-state index is 11.8. The highest BCUT2D eigenvalue weighted by Crippen LogP contribution is 2.22. The van der Waals surface area contributed by atoms with Crippen molar-refractivity contribution in [1.29, 1.82) is 0 Å². The number of urea groups is 1. The van der Waals surface area contributed by atoms with E-state index in [1.54, 1.807) is 7.05 Å². The highest BCUT2D eigenvalue weighted by atomic mass is 16.7. The molecule has 0 unspecified atom stereocenters. The van der Waals surface area contributed by atoms with Gasteiger partial charge in [-0.15, -0.1) is 0 Å². The van der Waals surface area contributed by atoms with E-state index in [0.29, 0.717) is 0 Å². The number of carbonyl (C=O) groups excluding carboxylic acids is 1. The van der Waals surface area contributed by atoms with Gasteiger partial charge in [-0.25, -0.2) is 9.86 Å². The summed E-state index contributed by atoms with van der Waals surface area (Å²) in [5.41, 5.74) is 4.93. The van der Waals surface area contributed by atoms with Crippen molar-refractivity contribution in [2.45, 2.75) is 45.4 Å². The topological polar surface area (TPSA) is 41.6 Å². The molecule has 0 saturated heterocycles. The summed E-state index contributed by atoms with van der Waals surface area (Å²) >= 11 is 0. The van der Waals surface area contributed by atoms with Crippen molar-refractivity contribution in [3.8, 4) is 0 Å². The number of hydrogen-bond donors (Lipinski definition) is 1. The second kappa shape index (κ2) is 8.86. The van der Waals surface area contributed by atoms with Crippen LogP contribution in [0, 0.1) is 0 Å². The van der Waals surface area contributed by atoms with Gasteiger partial charge in [-0.05, 0) is 53.5 Å². The fourth-order valence-corrected chi connectivity index (χ4v) is 2.76. The van der Waals surface area contributed by atoms with Crippen LogP contribution in [0.2, 0.25) is 0 Å². The second-order valence-corrected chi connectivity index (χ2v) is 7.61. The molecule has 2 aromatic carbocycles. The van der Waals surface area contributed by atoms with Crippen LogP contribution in [0.3, 0.4) is 0 Å². The molecule has 140 valence electrons. The van der Waals surface area contributed by atoms with Crippen molar-refractivity contribution < 1.29 is 9.63 Å². The first-order chi connectivity index (χ1) is 12.3. The largest absolute Gasteiger partial charge is 0.345 e. The van der Waals surface area contributed by atoms with E-state index >= 15 is 0 Å². The molecule has 2 rings (SSSR count). The minimum absolute atomic E-state index is 0.195. The molecule has 0 aliphatic rings. The molecule has 0 aliphatic carbocycles. The molecule has 0 heterocycles. The van der Waals surface area contributed by atoms with E-state index in [4.69, 9.17) is 4.84 Å². The predicted molar refractivity (Wildman–Crippen MR) is 107 cm³/mol. The number of nitrogens with zero attached hydrogens (tertiary/aromatic N) is 1. The quantitative estimate of drug-likeness (QED) is 0.726. The zero-order chi connectivity index (χ0) is 19.2. The number of rotatable bonds is 6. The summed E-state index contributed by atoms with van der Waals surface area (Å²) in [6, 6.07) is 16.6. The summed E-state index contributed by atoms with van der Waals surface area (Å²) in [6.45, 7) is 6.70. The lowest BCUT2D eigenvalue weighted by Gasteiger charge is -2.19. The Bertz CT molecular complexity index is 718. The number of benzene rings is 2. The zero-order valence-electron chi connectivity index (χ0n) is 16.5. The Morgan fingerprint density at radius 3 is 2.31 bits per heavy atom. The molecule has 2 aromatic rings. The molecule has 0 saturated carbocycles. The Morgan fingerprint density at radius 2 is 1.69 bits per heavy atom. The first kappa shape index (κ1) is 20.0. The van der Waals surface area contributed by atoms with Gasteiger partial charge in [0.25, 0.3) is 0 Å².